The van der Waals surface area contributed by atoms with E-state index in [9.17, 15) is 42.6 Å². The van der Waals surface area contributed by atoms with Gasteiger partial charge in [0.05, 0.1) is 25.3 Å². The van der Waals surface area contributed by atoms with Gasteiger partial charge in [0.25, 0.3) is 0 Å². The summed E-state index contributed by atoms with van der Waals surface area (Å²) in [6.45, 7) is 8.17. The van der Waals surface area contributed by atoms with Gasteiger partial charge >= 0.3 is 24.1 Å². The summed E-state index contributed by atoms with van der Waals surface area (Å²) >= 11 is 0. The molecule has 1 aromatic rings. The third-order valence-electron chi connectivity index (χ3n) is 11.8. The first-order valence-electron chi connectivity index (χ1n) is 22.3. The molecule has 3 aliphatic heterocycles. The number of alkyl halides is 3. The standard InChI is InChI=1S/C45H64F3N3O13/c1-7-9-11-20-43(21-12-10-8-2)62-35-31-23-44(41(58)50-34(27(3)53)39(56)49-30(25-52)17-19-33(55)61-42(4,5)6)37(40(57)60-31)51(64-38(44)36(35)63-43)24-29-15-13-14-28(22-29)16-18-32(54)59-26-45(46,47)48/h13-16,18,22,27,30-31,34-38,52-53H,7-12,17,19-21,23-26H2,1-6H3,(H,49,56)(H,50,58)/t27-,30-,31?,34+,35-,36-,37-,38+,44?/m0/s1. The minimum Gasteiger partial charge on any atom is -0.460 e. The number of halogens is 3. The lowest BCUT2D eigenvalue weighted by atomic mass is 9.62. The van der Waals surface area contributed by atoms with Gasteiger partial charge in [0, 0.05) is 31.8 Å². The highest BCUT2D eigenvalue weighted by Gasteiger charge is 2.76. The number of rotatable bonds is 22. The van der Waals surface area contributed by atoms with E-state index in [-0.39, 0.29) is 25.8 Å². The van der Waals surface area contributed by atoms with Crippen LogP contribution in [0.3, 0.4) is 0 Å². The van der Waals surface area contributed by atoms with Crippen LogP contribution < -0.4 is 10.6 Å². The molecule has 16 nitrogen and oxygen atoms in total. The minimum absolute atomic E-state index is 0.000158. The van der Waals surface area contributed by atoms with Crippen LogP contribution in [-0.2, 0) is 59.0 Å². The van der Waals surface area contributed by atoms with Gasteiger partial charge in [-0.25, -0.2) is 4.79 Å². The third kappa shape index (κ3) is 12.6. The molecule has 9 atom stereocenters. The maximum absolute atomic E-state index is 15.1. The summed E-state index contributed by atoms with van der Waals surface area (Å²) in [6.07, 6.45) is -1.68. The SMILES string of the molecule is CCCCCC1(CCCCC)O[C@@H]2[C@H]3ON(Cc4cccc(C=CC(=O)OCC(F)(F)F)c4)[C@H]4C(=O)OC(CC34C(=O)N[C@@H](C(=O)N[C@H](CO)CCC(=O)OC(C)(C)C)[C@H](C)O)[C@@H]2O1. The number of benzene rings is 1. The molecule has 358 valence electrons. The minimum atomic E-state index is -4.69. The van der Waals surface area contributed by atoms with Gasteiger partial charge in [0.15, 0.2) is 18.4 Å². The van der Waals surface area contributed by atoms with Crippen molar-refractivity contribution in [2.24, 2.45) is 5.41 Å². The van der Waals surface area contributed by atoms with Gasteiger partial charge in [0.2, 0.25) is 11.8 Å². The molecule has 1 aliphatic carbocycles. The molecule has 5 rings (SSSR count). The predicted molar refractivity (Wildman–Crippen MR) is 222 cm³/mol. The number of carbonyl (C=O) groups excluding carboxylic acids is 5. The molecule has 3 saturated heterocycles. The Morgan fingerprint density at radius 3 is 2.30 bits per heavy atom. The fourth-order valence-electron chi connectivity index (χ4n) is 8.90. The average molecular weight is 912 g/mol. The maximum Gasteiger partial charge on any atom is 0.422 e. The molecule has 4 fully saturated rings. The Kier molecular flexibility index (Phi) is 17.0. The number of carbonyl (C=O) groups is 5. The van der Waals surface area contributed by atoms with E-state index in [1.807, 2.05) is 0 Å². The van der Waals surface area contributed by atoms with Crippen molar-refractivity contribution in [2.45, 2.75) is 185 Å². The summed E-state index contributed by atoms with van der Waals surface area (Å²) in [5.41, 5.74) is -1.57. The number of amides is 2. The van der Waals surface area contributed by atoms with E-state index >= 15 is 4.79 Å². The van der Waals surface area contributed by atoms with Crippen LogP contribution in [0.15, 0.2) is 30.3 Å². The molecular weight excluding hydrogens is 847 g/mol. The Labute approximate surface area is 371 Å². The molecule has 4 N–H and O–H groups in total. The van der Waals surface area contributed by atoms with Crippen molar-refractivity contribution in [3.05, 3.63) is 41.5 Å². The van der Waals surface area contributed by atoms with Gasteiger partial charge in [0.1, 0.15) is 41.5 Å². The number of aliphatic hydroxyl groups excluding tert-OH is 2. The molecule has 3 heterocycles. The Bertz CT molecular complexity index is 1830. The molecule has 4 aliphatic rings. The lowest BCUT2D eigenvalue weighted by Crippen LogP contribution is -2.71. The van der Waals surface area contributed by atoms with E-state index in [1.165, 1.54) is 18.1 Å². The van der Waals surface area contributed by atoms with Gasteiger partial charge in [-0.1, -0.05) is 63.8 Å². The molecule has 2 unspecified atom stereocenters. The smallest absolute Gasteiger partial charge is 0.422 e. The van der Waals surface area contributed by atoms with E-state index in [2.05, 4.69) is 29.2 Å². The summed E-state index contributed by atoms with van der Waals surface area (Å²) in [5, 5.41) is 27.7. The molecule has 0 radical (unpaired) electrons. The van der Waals surface area contributed by atoms with Gasteiger partial charge < -0.3 is 44.5 Å². The van der Waals surface area contributed by atoms with Crippen molar-refractivity contribution in [2.75, 3.05) is 13.2 Å². The summed E-state index contributed by atoms with van der Waals surface area (Å²) in [6, 6.07) is 2.59. The summed E-state index contributed by atoms with van der Waals surface area (Å²) in [5.74, 6) is -5.25. The van der Waals surface area contributed by atoms with Gasteiger partial charge in [-0.15, -0.1) is 0 Å². The van der Waals surface area contributed by atoms with Crippen LogP contribution >= 0.6 is 0 Å². The van der Waals surface area contributed by atoms with Gasteiger partial charge in [-0.3, -0.25) is 24.0 Å². The first-order chi connectivity index (χ1) is 30.1. The number of nitrogens with one attached hydrogen (secondary N) is 2. The number of aliphatic hydroxyl groups is 2. The van der Waals surface area contributed by atoms with Crippen LogP contribution in [0, 0.1) is 5.41 Å². The largest absolute Gasteiger partial charge is 0.460 e. The second-order valence-corrected chi connectivity index (χ2v) is 18.2. The number of hydrogen-bond donors (Lipinski definition) is 4. The van der Waals surface area contributed by atoms with Crippen LogP contribution in [-0.4, -0.2) is 124 Å². The summed E-state index contributed by atoms with van der Waals surface area (Å²) in [7, 11) is 0. The second kappa shape index (κ2) is 21.4. The monoisotopic (exact) mass is 911 g/mol. The highest BCUT2D eigenvalue weighted by atomic mass is 19.4. The number of hydrogen-bond acceptors (Lipinski definition) is 14. The number of esters is 3. The van der Waals surface area contributed by atoms with Gasteiger partial charge in [-0.2, -0.15) is 18.2 Å². The lowest BCUT2D eigenvalue weighted by molar-refractivity contribution is -0.224. The molecule has 1 aromatic carbocycles. The van der Waals surface area contributed by atoms with E-state index in [4.69, 9.17) is 23.8 Å². The third-order valence-corrected chi connectivity index (χ3v) is 11.8. The number of ether oxygens (including phenoxy) is 5. The average Bonchev–Trinajstić information content (AvgIpc) is 3.77. The van der Waals surface area contributed by atoms with E-state index in [0.29, 0.717) is 24.0 Å². The van der Waals surface area contributed by atoms with Crippen LogP contribution in [0.5, 0.6) is 0 Å². The summed E-state index contributed by atoms with van der Waals surface area (Å²) in [4.78, 5) is 74.3. The lowest BCUT2D eigenvalue weighted by Gasteiger charge is -2.49. The highest BCUT2D eigenvalue weighted by Crippen LogP contribution is 2.58. The van der Waals surface area contributed by atoms with Gasteiger partial charge in [-0.05, 0) is 64.2 Å². The van der Waals surface area contributed by atoms with E-state index in [0.717, 1.165) is 44.6 Å². The predicted octanol–water partition coefficient (Wildman–Crippen LogP) is 4.71. The zero-order valence-electron chi connectivity index (χ0n) is 37.4. The molecule has 64 heavy (non-hydrogen) atoms. The first kappa shape index (κ1) is 50.9. The van der Waals surface area contributed by atoms with Crippen molar-refractivity contribution in [1.29, 1.82) is 0 Å². The molecule has 2 bridgehead atoms. The Morgan fingerprint density at radius 2 is 1.69 bits per heavy atom. The molecular formula is C45H64F3N3O13. The molecule has 19 heteroatoms. The van der Waals surface area contributed by atoms with E-state index < -0.39 is 115 Å². The number of fused-ring (bicyclic) bond motifs is 4. The zero-order valence-corrected chi connectivity index (χ0v) is 37.4. The normalized spacial score (nSPS) is 26.4. The molecule has 0 spiro atoms. The Hall–Kier alpha value is -4.14. The topological polar surface area (TPSA) is 208 Å². The number of unbranched alkanes of at least 4 members (excludes halogenated alkanes) is 4. The number of nitrogens with zero attached hydrogens (tertiary/aromatic N) is 1. The Morgan fingerprint density at radius 1 is 1.02 bits per heavy atom. The quantitative estimate of drug-likeness (QED) is 0.0538. The van der Waals surface area contributed by atoms with Crippen molar-refractivity contribution in [3.8, 4) is 0 Å². The molecule has 0 aromatic heterocycles. The van der Waals surface area contributed by atoms with Crippen LogP contribution in [0.25, 0.3) is 6.08 Å². The fraction of sp³-hybridized carbons (Fsp3) is 0.711. The van der Waals surface area contributed by atoms with Crippen molar-refractivity contribution >= 4 is 35.8 Å². The first-order valence-corrected chi connectivity index (χ1v) is 22.3. The Balaban J connectivity index is 1.46. The van der Waals surface area contributed by atoms with Crippen LogP contribution in [0.2, 0.25) is 0 Å². The second-order valence-electron chi connectivity index (χ2n) is 18.2. The molecule has 1 saturated carbocycles. The van der Waals surface area contributed by atoms with Crippen molar-refractivity contribution in [3.63, 3.8) is 0 Å². The maximum atomic E-state index is 15.1. The highest BCUT2D eigenvalue weighted by molar-refractivity contribution is 5.96. The van der Waals surface area contributed by atoms with Crippen molar-refractivity contribution < 1.29 is 75.9 Å². The molecule has 2 amide bonds. The van der Waals surface area contributed by atoms with Crippen LogP contribution in [0.4, 0.5) is 13.2 Å². The zero-order chi connectivity index (χ0) is 47.0. The summed E-state index contributed by atoms with van der Waals surface area (Å²) < 4.78 is 67.1. The van der Waals surface area contributed by atoms with Crippen LogP contribution in [0.1, 0.15) is 123 Å². The van der Waals surface area contributed by atoms with Crippen molar-refractivity contribution in [1.82, 2.24) is 15.7 Å². The number of hydroxylamine groups is 2. The van der Waals surface area contributed by atoms with E-state index in [1.54, 1.807) is 45.0 Å². The fourth-order valence-corrected chi connectivity index (χ4v) is 8.90.